The monoisotopic (exact) mass is 817 g/mol. The lowest BCUT2D eigenvalue weighted by molar-refractivity contribution is 0.669. The van der Waals surface area contributed by atoms with Crippen molar-refractivity contribution in [2.45, 2.75) is 0 Å². The molecular weight excluding hydrogens is 783 g/mol. The second kappa shape index (κ2) is 14.5. The third-order valence-corrected chi connectivity index (χ3v) is 12.5. The van der Waals surface area contributed by atoms with Gasteiger partial charge in [0, 0.05) is 50.6 Å². The van der Waals surface area contributed by atoms with Gasteiger partial charge in [-0.2, -0.15) is 0 Å². The van der Waals surface area contributed by atoms with Gasteiger partial charge in [-0.1, -0.05) is 109 Å². The van der Waals surface area contributed by atoms with E-state index in [0.29, 0.717) is 5.82 Å². The molecular formula is C59H35N3O2. The van der Waals surface area contributed by atoms with Gasteiger partial charge in [-0.15, -0.1) is 0 Å². The molecule has 0 aliphatic heterocycles. The molecule has 64 heavy (non-hydrogen) atoms. The average Bonchev–Trinajstić information content (AvgIpc) is 3.91. The summed E-state index contributed by atoms with van der Waals surface area (Å²) >= 11 is 0. The minimum absolute atomic E-state index is 0.636. The van der Waals surface area contributed by atoms with E-state index in [1.807, 2.05) is 30.6 Å². The van der Waals surface area contributed by atoms with Gasteiger partial charge in [-0.25, -0.2) is 9.97 Å². The fraction of sp³-hybridized carbons (Fsp3) is 0. The summed E-state index contributed by atoms with van der Waals surface area (Å²) in [6, 6.07) is 70.4. The smallest absolute Gasteiger partial charge is 0.160 e. The number of fused-ring (bicyclic) bond motifs is 8. The highest BCUT2D eigenvalue weighted by Crippen LogP contribution is 2.40. The molecule has 0 atom stereocenters. The molecule has 0 fully saturated rings. The van der Waals surface area contributed by atoms with Crippen LogP contribution in [0.1, 0.15) is 0 Å². The van der Waals surface area contributed by atoms with Crippen LogP contribution >= 0.6 is 0 Å². The number of furan rings is 2. The van der Waals surface area contributed by atoms with Crippen molar-refractivity contribution in [2.24, 2.45) is 0 Å². The number of nitrogens with zero attached hydrogens (tertiary/aromatic N) is 3. The molecule has 0 saturated carbocycles. The van der Waals surface area contributed by atoms with Gasteiger partial charge < -0.3 is 8.83 Å². The summed E-state index contributed by atoms with van der Waals surface area (Å²) < 4.78 is 12.9. The Hall–Kier alpha value is -8.67. The van der Waals surface area contributed by atoms with Crippen LogP contribution in [0.4, 0.5) is 0 Å². The summed E-state index contributed by atoms with van der Waals surface area (Å²) in [4.78, 5) is 14.9. The van der Waals surface area contributed by atoms with Crippen LogP contribution < -0.4 is 0 Å². The molecule has 0 bridgehead atoms. The molecule has 0 amide bonds. The van der Waals surface area contributed by atoms with Crippen molar-refractivity contribution >= 4 is 65.4 Å². The molecule has 13 aromatic rings. The van der Waals surface area contributed by atoms with Crippen LogP contribution in [0.15, 0.2) is 221 Å². The SMILES string of the molecule is c1ccc(-c2cc(-c3cccc(-c4ccncc4)c3)nc(-c3cc(-c4ccc5oc6cc7ccccc7cc6c5c4)cc(-c4ccc5oc6cc7ccccc7cc6c5c4)c3)n2)cc1. The van der Waals surface area contributed by atoms with Crippen molar-refractivity contribution < 1.29 is 8.83 Å². The quantitative estimate of drug-likeness (QED) is 0.167. The third-order valence-electron chi connectivity index (χ3n) is 12.5. The van der Waals surface area contributed by atoms with Crippen LogP contribution in [0, 0.1) is 0 Å². The maximum Gasteiger partial charge on any atom is 0.160 e. The third kappa shape index (κ3) is 6.21. The summed E-state index contributed by atoms with van der Waals surface area (Å²) in [5.74, 6) is 0.636. The van der Waals surface area contributed by atoms with Gasteiger partial charge in [0.15, 0.2) is 5.82 Å². The van der Waals surface area contributed by atoms with Gasteiger partial charge in [0.2, 0.25) is 0 Å². The molecule has 298 valence electrons. The number of rotatable bonds is 6. The zero-order chi connectivity index (χ0) is 42.1. The van der Waals surface area contributed by atoms with E-state index in [2.05, 4.69) is 187 Å². The highest BCUT2D eigenvalue weighted by atomic mass is 16.3. The van der Waals surface area contributed by atoms with Crippen molar-refractivity contribution in [1.82, 2.24) is 15.0 Å². The Kier molecular flexibility index (Phi) is 8.15. The maximum absolute atomic E-state index is 6.45. The van der Waals surface area contributed by atoms with Gasteiger partial charge in [0.05, 0.1) is 11.4 Å². The van der Waals surface area contributed by atoms with Gasteiger partial charge in [0.1, 0.15) is 22.3 Å². The molecule has 13 rings (SSSR count). The Bertz CT molecular complexity index is 3790. The van der Waals surface area contributed by atoms with Crippen LogP contribution in [-0.2, 0) is 0 Å². The summed E-state index contributed by atoms with van der Waals surface area (Å²) in [6.45, 7) is 0. The fourth-order valence-corrected chi connectivity index (χ4v) is 9.26. The van der Waals surface area contributed by atoms with E-state index in [1.165, 1.54) is 10.8 Å². The molecule has 0 saturated heterocycles. The van der Waals surface area contributed by atoms with E-state index >= 15 is 0 Å². The van der Waals surface area contributed by atoms with Gasteiger partial charge >= 0.3 is 0 Å². The molecule has 4 heterocycles. The second-order valence-electron chi connectivity index (χ2n) is 16.5. The summed E-state index contributed by atoms with van der Waals surface area (Å²) in [6.07, 6.45) is 3.65. The van der Waals surface area contributed by atoms with Gasteiger partial charge in [0.25, 0.3) is 0 Å². The van der Waals surface area contributed by atoms with Crippen LogP contribution in [-0.4, -0.2) is 15.0 Å². The van der Waals surface area contributed by atoms with Crippen molar-refractivity contribution in [3.63, 3.8) is 0 Å². The molecule has 4 aromatic heterocycles. The first-order chi connectivity index (χ1) is 31.6. The summed E-state index contributed by atoms with van der Waals surface area (Å²) in [7, 11) is 0. The lowest BCUT2D eigenvalue weighted by Gasteiger charge is -2.14. The number of pyridine rings is 1. The van der Waals surface area contributed by atoms with E-state index in [9.17, 15) is 0 Å². The largest absolute Gasteiger partial charge is 0.456 e. The first kappa shape index (κ1) is 36.0. The Morgan fingerprint density at radius 2 is 0.719 bits per heavy atom. The van der Waals surface area contributed by atoms with Gasteiger partial charge in [-0.3, -0.25) is 4.98 Å². The van der Waals surface area contributed by atoms with E-state index in [4.69, 9.17) is 18.8 Å². The molecule has 0 aliphatic carbocycles. The number of benzene rings is 9. The minimum Gasteiger partial charge on any atom is -0.456 e. The Morgan fingerprint density at radius 1 is 0.266 bits per heavy atom. The molecule has 0 aliphatic rings. The number of aromatic nitrogens is 3. The molecule has 5 heteroatoms. The predicted molar refractivity (Wildman–Crippen MR) is 262 cm³/mol. The molecule has 0 spiro atoms. The maximum atomic E-state index is 6.45. The predicted octanol–water partition coefficient (Wildman–Crippen LogP) is 16.0. The van der Waals surface area contributed by atoms with E-state index in [-0.39, 0.29) is 0 Å². The molecule has 9 aromatic carbocycles. The minimum atomic E-state index is 0.636. The Labute approximate surface area is 367 Å². The zero-order valence-corrected chi connectivity index (χ0v) is 34.4. The van der Waals surface area contributed by atoms with Crippen LogP contribution in [0.2, 0.25) is 0 Å². The standard InChI is InChI=1S/C59H35N3O2/c1-2-9-37(10-3-1)53-35-54(45-16-8-15-38(25-45)36-21-23-60-24-22-36)62-59(61-53)48-27-46(43-17-19-55-49(31-43)51-29-39-11-4-6-13-41(39)33-57(51)63-55)26-47(28-48)44-18-20-56-50(32-44)52-30-40-12-5-7-14-42(40)34-58(52)64-56/h1-35H. The number of hydrogen-bond donors (Lipinski definition) is 0. The van der Waals surface area contributed by atoms with Crippen molar-refractivity contribution in [3.05, 3.63) is 213 Å². The summed E-state index contributed by atoms with van der Waals surface area (Å²) in [5, 5.41) is 9.00. The average molecular weight is 818 g/mol. The normalized spacial score (nSPS) is 11.8. The van der Waals surface area contributed by atoms with Crippen molar-refractivity contribution in [1.29, 1.82) is 0 Å². The molecule has 0 unspecified atom stereocenters. The lowest BCUT2D eigenvalue weighted by Crippen LogP contribution is -1.97. The zero-order valence-electron chi connectivity index (χ0n) is 34.4. The van der Waals surface area contributed by atoms with Crippen molar-refractivity contribution in [2.75, 3.05) is 0 Å². The molecule has 0 radical (unpaired) electrons. The molecule has 5 nitrogen and oxygen atoms in total. The van der Waals surface area contributed by atoms with Crippen molar-refractivity contribution in [3.8, 4) is 67.3 Å². The summed E-state index contributed by atoms with van der Waals surface area (Å²) in [5.41, 5.74) is 14.5. The topological polar surface area (TPSA) is 65.0 Å². The number of hydrogen-bond acceptors (Lipinski definition) is 5. The highest BCUT2D eigenvalue weighted by Gasteiger charge is 2.17. The fourth-order valence-electron chi connectivity index (χ4n) is 9.26. The van der Waals surface area contributed by atoms with Gasteiger partial charge in [-0.05, 0) is 146 Å². The van der Waals surface area contributed by atoms with Crippen LogP contribution in [0.5, 0.6) is 0 Å². The van der Waals surface area contributed by atoms with E-state index < -0.39 is 0 Å². The Balaban J connectivity index is 1.03. The van der Waals surface area contributed by atoms with Crippen LogP contribution in [0.25, 0.3) is 133 Å². The molecule has 0 N–H and O–H groups in total. The van der Waals surface area contributed by atoms with Crippen LogP contribution in [0.3, 0.4) is 0 Å². The Morgan fingerprint density at radius 3 is 1.31 bits per heavy atom. The van der Waals surface area contributed by atoms with E-state index in [0.717, 1.165) is 116 Å². The van der Waals surface area contributed by atoms with E-state index in [1.54, 1.807) is 0 Å². The highest BCUT2D eigenvalue weighted by molar-refractivity contribution is 6.12. The first-order valence-corrected chi connectivity index (χ1v) is 21.5. The first-order valence-electron chi connectivity index (χ1n) is 21.5. The lowest BCUT2D eigenvalue weighted by atomic mass is 9.94. The second-order valence-corrected chi connectivity index (χ2v) is 16.5.